The fourth-order valence-corrected chi connectivity index (χ4v) is 10.8. The van der Waals surface area contributed by atoms with E-state index in [9.17, 15) is 0 Å². The molecule has 0 bridgehead atoms. The molecule has 3 heterocycles. The number of nitrogens with zero attached hydrogens (tertiary/aromatic N) is 4. The van der Waals surface area contributed by atoms with Gasteiger partial charge in [0.15, 0.2) is 5.82 Å². The van der Waals surface area contributed by atoms with Crippen molar-refractivity contribution in [2.45, 2.75) is 19.3 Å². The number of hydrogen-bond donors (Lipinski definition) is 0. The van der Waals surface area contributed by atoms with E-state index in [1.165, 1.54) is 76.6 Å². The van der Waals surface area contributed by atoms with E-state index in [2.05, 4.69) is 211 Å². The van der Waals surface area contributed by atoms with Gasteiger partial charge in [-0.05, 0) is 69.9 Å². The Labute approximate surface area is 365 Å². The molecule has 0 N–H and O–H groups in total. The second kappa shape index (κ2) is 13.5. The molecule has 1 aliphatic rings. The van der Waals surface area contributed by atoms with Gasteiger partial charge in [-0.15, -0.1) is 0 Å². The molecule has 0 atom stereocenters. The van der Waals surface area contributed by atoms with Gasteiger partial charge in [-0.3, -0.25) is 0 Å². The molecule has 4 nitrogen and oxygen atoms in total. The van der Waals surface area contributed by atoms with Crippen LogP contribution in [-0.2, 0) is 5.41 Å². The Hall–Kier alpha value is -8.08. The SMILES string of the molecule is CC1(C)c2ccccc2-c2c1c1c3ccccc3n(-c3ccccc3)c1c1c3ccccc3n(-c3ccc(-c4cc(-c5cccc6ccccc56)nc(-c5ccccc5)n4)cc3)c21. The van der Waals surface area contributed by atoms with E-state index in [0.717, 1.165) is 39.5 Å². The highest BCUT2D eigenvalue weighted by Crippen LogP contribution is 2.58. The molecule has 12 aromatic rings. The lowest BCUT2D eigenvalue weighted by atomic mass is 9.80. The van der Waals surface area contributed by atoms with Crippen LogP contribution >= 0.6 is 0 Å². The summed E-state index contributed by atoms with van der Waals surface area (Å²) in [5.41, 5.74) is 17.1. The van der Waals surface area contributed by atoms with Crippen molar-refractivity contribution in [1.82, 2.24) is 19.1 Å². The standard InChI is InChI=1S/C59H40N4/c1-59(2)47-29-14-11-25-44(47)52-55(59)53-45-26-12-15-30-50(45)62(40-22-7-4-8-23-40)57(53)54-46-27-13-16-31-51(46)63(56(52)54)41-34-32-38(33-35-41)48-36-49(61-58(60-48)39-19-5-3-6-20-39)43-28-17-21-37-18-9-10-24-42(37)43/h3-36H,1-2H3. The molecule has 4 heteroatoms. The van der Waals surface area contributed by atoms with E-state index in [0.29, 0.717) is 5.82 Å². The van der Waals surface area contributed by atoms with Gasteiger partial charge >= 0.3 is 0 Å². The van der Waals surface area contributed by atoms with Gasteiger partial charge in [0.1, 0.15) is 0 Å². The summed E-state index contributed by atoms with van der Waals surface area (Å²) in [5.74, 6) is 0.706. The lowest BCUT2D eigenvalue weighted by molar-refractivity contribution is 0.667. The molecule has 0 fully saturated rings. The van der Waals surface area contributed by atoms with Gasteiger partial charge < -0.3 is 9.13 Å². The van der Waals surface area contributed by atoms with Crippen LogP contribution in [0.3, 0.4) is 0 Å². The van der Waals surface area contributed by atoms with Crippen molar-refractivity contribution in [3.8, 4) is 56.4 Å². The van der Waals surface area contributed by atoms with Gasteiger partial charge in [0, 0.05) is 60.6 Å². The number of hydrogen-bond acceptors (Lipinski definition) is 2. The fourth-order valence-electron chi connectivity index (χ4n) is 10.8. The summed E-state index contributed by atoms with van der Waals surface area (Å²) < 4.78 is 5.04. The van der Waals surface area contributed by atoms with Crippen molar-refractivity contribution < 1.29 is 0 Å². The molecule has 0 unspecified atom stereocenters. The summed E-state index contributed by atoms with van der Waals surface area (Å²) in [6, 6.07) is 74.3. The Morgan fingerprint density at radius 1 is 0.413 bits per heavy atom. The topological polar surface area (TPSA) is 35.6 Å². The zero-order chi connectivity index (χ0) is 41.8. The molecule has 296 valence electrons. The molecule has 9 aromatic carbocycles. The number of aromatic nitrogens is 4. The van der Waals surface area contributed by atoms with Gasteiger partial charge in [-0.25, -0.2) is 9.97 Å². The lowest BCUT2D eigenvalue weighted by Gasteiger charge is -2.23. The highest BCUT2D eigenvalue weighted by molar-refractivity contribution is 6.31. The van der Waals surface area contributed by atoms with Crippen molar-refractivity contribution in [1.29, 1.82) is 0 Å². The van der Waals surface area contributed by atoms with Crippen LogP contribution in [0, 0.1) is 0 Å². The predicted octanol–water partition coefficient (Wildman–Crippen LogP) is 15.1. The van der Waals surface area contributed by atoms with Crippen molar-refractivity contribution in [3.05, 3.63) is 217 Å². The number of rotatable bonds is 5. The van der Waals surface area contributed by atoms with Crippen molar-refractivity contribution in [3.63, 3.8) is 0 Å². The fraction of sp³-hybridized carbons (Fsp3) is 0.0508. The number of fused-ring (bicyclic) bond motifs is 13. The molecule has 63 heavy (non-hydrogen) atoms. The Morgan fingerprint density at radius 2 is 0.968 bits per heavy atom. The third kappa shape index (κ3) is 5.15. The Bertz CT molecular complexity index is 3790. The second-order valence-electron chi connectivity index (χ2n) is 17.3. The van der Waals surface area contributed by atoms with Crippen LogP contribution in [-0.4, -0.2) is 19.1 Å². The third-order valence-corrected chi connectivity index (χ3v) is 13.5. The van der Waals surface area contributed by atoms with Gasteiger partial charge in [0.2, 0.25) is 0 Å². The largest absolute Gasteiger partial charge is 0.309 e. The van der Waals surface area contributed by atoms with E-state index in [1.54, 1.807) is 0 Å². The Kier molecular flexibility index (Phi) is 7.62. The quantitative estimate of drug-likeness (QED) is 0.174. The average molecular weight is 805 g/mol. The monoisotopic (exact) mass is 804 g/mol. The average Bonchev–Trinajstić information content (AvgIpc) is 3.95. The zero-order valence-corrected chi connectivity index (χ0v) is 34.9. The van der Waals surface area contributed by atoms with Crippen LogP contribution in [0.1, 0.15) is 25.0 Å². The summed E-state index contributed by atoms with van der Waals surface area (Å²) in [4.78, 5) is 10.4. The first-order chi connectivity index (χ1) is 31.0. The highest BCUT2D eigenvalue weighted by atomic mass is 15.0. The molecular weight excluding hydrogens is 765 g/mol. The minimum atomic E-state index is -0.250. The van der Waals surface area contributed by atoms with E-state index < -0.39 is 0 Å². The molecule has 0 aliphatic heterocycles. The maximum absolute atomic E-state index is 5.23. The van der Waals surface area contributed by atoms with Crippen molar-refractivity contribution >= 4 is 54.4 Å². The normalized spacial score (nSPS) is 13.0. The van der Waals surface area contributed by atoms with Crippen LogP contribution in [0.15, 0.2) is 206 Å². The minimum absolute atomic E-state index is 0.250. The van der Waals surface area contributed by atoms with E-state index in [4.69, 9.17) is 9.97 Å². The highest BCUT2D eigenvalue weighted by Gasteiger charge is 2.41. The van der Waals surface area contributed by atoms with Crippen LogP contribution < -0.4 is 0 Å². The smallest absolute Gasteiger partial charge is 0.160 e. The first kappa shape index (κ1) is 35.7. The van der Waals surface area contributed by atoms with E-state index >= 15 is 0 Å². The number of para-hydroxylation sites is 3. The molecule has 13 rings (SSSR count). The third-order valence-electron chi connectivity index (χ3n) is 13.5. The molecule has 1 aliphatic carbocycles. The first-order valence-electron chi connectivity index (χ1n) is 21.8. The zero-order valence-electron chi connectivity index (χ0n) is 34.9. The Morgan fingerprint density at radius 3 is 1.73 bits per heavy atom. The molecule has 0 spiro atoms. The summed E-state index contributed by atoms with van der Waals surface area (Å²) in [6.07, 6.45) is 0. The van der Waals surface area contributed by atoms with Gasteiger partial charge in [0.25, 0.3) is 0 Å². The molecule has 0 saturated carbocycles. The summed E-state index contributed by atoms with van der Waals surface area (Å²) in [5, 5.41) is 7.46. The maximum atomic E-state index is 5.23. The molecular formula is C59H40N4. The van der Waals surface area contributed by atoms with Gasteiger partial charge in [0.05, 0.1) is 33.5 Å². The first-order valence-corrected chi connectivity index (χ1v) is 21.8. The van der Waals surface area contributed by atoms with Crippen molar-refractivity contribution in [2.24, 2.45) is 0 Å². The van der Waals surface area contributed by atoms with Crippen LogP contribution in [0.5, 0.6) is 0 Å². The molecule has 3 aromatic heterocycles. The predicted molar refractivity (Wildman–Crippen MR) is 262 cm³/mol. The second-order valence-corrected chi connectivity index (χ2v) is 17.3. The minimum Gasteiger partial charge on any atom is -0.309 e. The maximum Gasteiger partial charge on any atom is 0.160 e. The van der Waals surface area contributed by atoms with E-state index in [-0.39, 0.29) is 5.41 Å². The van der Waals surface area contributed by atoms with Crippen molar-refractivity contribution in [2.75, 3.05) is 0 Å². The van der Waals surface area contributed by atoms with Crippen LogP contribution in [0.4, 0.5) is 0 Å². The lowest BCUT2D eigenvalue weighted by Crippen LogP contribution is -2.15. The van der Waals surface area contributed by atoms with Gasteiger partial charge in [-0.2, -0.15) is 0 Å². The summed E-state index contributed by atoms with van der Waals surface area (Å²) in [7, 11) is 0. The number of benzene rings is 9. The van der Waals surface area contributed by atoms with E-state index in [1.807, 2.05) is 18.2 Å². The molecule has 0 radical (unpaired) electrons. The summed E-state index contributed by atoms with van der Waals surface area (Å²) >= 11 is 0. The molecule has 0 amide bonds. The Balaban J connectivity index is 1.10. The van der Waals surface area contributed by atoms with Gasteiger partial charge in [-0.1, -0.05) is 178 Å². The van der Waals surface area contributed by atoms with Crippen LogP contribution in [0.25, 0.3) is 111 Å². The summed E-state index contributed by atoms with van der Waals surface area (Å²) in [6.45, 7) is 4.83. The van der Waals surface area contributed by atoms with Crippen LogP contribution in [0.2, 0.25) is 0 Å². The molecule has 0 saturated heterocycles.